The van der Waals surface area contributed by atoms with Gasteiger partial charge in [0.25, 0.3) is 0 Å². The fourth-order valence-electron chi connectivity index (χ4n) is 2.14. The Morgan fingerprint density at radius 2 is 2.00 bits per heavy atom. The van der Waals surface area contributed by atoms with Gasteiger partial charge in [-0.2, -0.15) is 0 Å². The number of hydrogen-bond acceptors (Lipinski definition) is 2. The second kappa shape index (κ2) is 4.93. The first-order valence-electron chi connectivity index (χ1n) is 6.01. The van der Waals surface area contributed by atoms with Gasteiger partial charge in [0.1, 0.15) is 5.82 Å². The summed E-state index contributed by atoms with van der Waals surface area (Å²) in [7, 11) is 0. The highest BCUT2D eigenvalue weighted by Crippen LogP contribution is 2.16. The van der Waals surface area contributed by atoms with Crippen molar-refractivity contribution in [3.63, 3.8) is 0 Å². The van der Waals surface area contributed by atoms with Gasteiger partial charge in [0.2, 0.25) is 0 Å². The molecule has 0 spiro atoms. The Morgan fingerprint density at radius 3 is 2.79 bits per heavy atom. The van der Waals surface area contributed by atoms with Crippen molar-refractivity contribution in [2.24, 2.45) is 0 Å². The van der Waals surface area contributed by atoms with E-state index in [2.05, 4.69) is 9.97 Å². The third-order valence-corrected chi connectivity index (χ3v) is 3.43. The lowest BCUT2D eigenvalue weighted by Crippen LogP contribution is -2.01. The van der Waals surface area contributed by atoms with E-state index in [-0.39, 0.29) is 5.82 Å². The van der Waals surface area contributed by atoms with Crippen LogP contribution in [0.15, 0.2) is 42.7 Å². The summed E-state index contributed by atoms with van der Waals surface area (Å²) in [5, 5.41) is 0. The van der Waals surface area contributed by atoms with Crippen LogP contribution in [0.25, 0.3) is 11.0 Å². The minimum atomic E-state index is -0.251. The van der Waals surface area contributed by atoms with Crippen molar-refractivity contribution in [2.45, 2.75) is 13.0 Å². The molecule has 0 fully saturated rings. The van der Waals surface area contributed by atoms with Crippen LogP contribution in [0.1, 0.15) is 5.56 Å². The van der Waals surface area contributed by atoms with Gasteiger partial charge < -0.3 is 9.55 Å². The normalized spacial score (nSPS) is 11.0. The van der Waals surface area contributed by atoms with Gasteiger partial charge in [-0.05, 0) is 54.5 Å². The van der Waals surface area contributed by atoms with Crippen molar-refractivity contribution in [3.05, 3.63) is 58.9 Å². The van der Waals surface area contributed by atoms with E-state index in [0.717, 1.165) is 17.5 Å². The van der Waals surface area contributed by atoms with E-state index in [9.17, 15) is 4.39 Å². The number of H-pyrrole nitrogens is 1. The lowest BCUT2D eigenvalue weighted by atomic mass is 10.2. The molecular formula is C14H12FN3S. The van der Waals surface area contributed by atoms with E-state index in [4.69, 9.17) is 12.2 Å². The van der Waals surface area contributed by atoms with Crippen molar-refractivity contribution in [1.29, 1.82) is 0 Å². The molecule has 1 N–H and O–H groups in total. The maximum atomic E-state index is 13.3. The zero-order valence-electron chi connectivity index (χ0n) is 10.1. The number of benzene rings is 1. The monoisotopic (exact) mass is 273 g/mol. The summed E-state index contributed by atoms with van der Waals surface area (Å²) in [5.74, 6) is -0.251. The molecule has 3 aromatic rings. The number of aryl methyl sites for hydroxylation is 2. The molecule has 96 valence electrons. The number of hydrogen-bond donors (Lipinski definition) is 1. The highest BCUT2D eigenvalue weighted by Gasteiger charge is 2.05. The van der Waals surface area contributed by atoms with E-state index in [1.807, 2.05) is 16.7 Å². The summed E-state index contributed by atoms with van der Waals surface area (Å²) < 4.78 is 15.9. The molecule has 0 radical (unpaired) electrons. The topological polar surface area (TPSA) is 33.6 Å². The maximum absolute atomic E-state index is 13.3. The smallest absolute Gasteiger partial charge is 0.178 e. The molecule has 0 atom stereocenters. The molecule has 0 aliphatic heterocycles. The SMILES string of the molecule is Fc1ccc2[nH]c(=S)n(CCc3ccncc3)c2c1. The van der Waals surface area contributed by atoms with Crippen LogP contribution in [0.5, 0.6) is 0 Å². The highest BCUT2D eigenvalue weighted by molar-refractivity contribution is 7.71. The van der Waals surface area contributed by atoms with Gasteiger partial charge in [-0.25, -0.2) is 4.39 Å². The van der Waals surface area contributed by atoms with Crippen molar-refractivity contribution in [1.82, 2.24) is 14.5 Å². The van der Waals surface area contributed by atoms with Gasteiger partial charge >= 0.3 is 0 Å². The van der Waals surface area contributed by atoms with E-state index >= 15 is 0 Å². The Kier molecular flexibility index (Phi) is 3.13. The van der Waals surface area contributed by atoms with Crippen LogP contribution >= 0.6 is 12.2 Å². The minimum absolute atomic E-state index is 0.251. The van der Waals surface area contributed by atoms with Crippen LogP contribution in [0.4, 0.5) is 4.39 Å². The molecule has 3 rings (SSSR count). The Morgan fingerprint density at radius 1 is 1.21 bits per heavy atom. The zero-order chi connectivity index (χ0) is 13.2. The maximum Gasteiger partial charge on any atom is 0.178 e. The molecule has 2 heterocycles. The molecule has 0 aliphatic rings. The molecular weight excluding hydrogens is 261 g/mol. The Balaban J connectivity index is 1.94. The largest absolute Gasteiger partial charge is 0.331 e. The third-order valence-electron chi connectivity index (χ3n) is 3.11. The molecule has 1 aromatic carbocycles. The number of pyridine rings is 1. The lowest BCUT2D eigenvalue weighted by molar-refractivity contribution is 0.627. The van der Waals surface area contributed by atoms with Crippen LogP contribution in [0.2, 0.25) is 0 Å². The first-order valence-corrected chi connectivity index (χ1v) is 6.42. The summed E-state index contributed by atoms with van der Waals surface area (Å²) in [4.78, 5) is 7.08. The molecule has 5 heteroatoms. The van der Waals surface area contributed by atoms with Crippen molar-refractivity contribution >= 4 is 23.3 Å². The number of aromatic nitrogens is 3. The Bertz CT molecular complexity index is 761. The molecule has 0 saturated heterocycles. The van der Waals surface area contributed by atoms with Crippen molar-refractivity contribution < 1.29 is 4.39 Å². The number of nitrogens with one attached hydrogen (secondary N) is 1. The second-order valence-electron chi connectivity index (χ2n) is 4.35. The molecule has 2 aromatic heterocycles. The summed E-state index contributed by atoms with van der Waals surface area (Å²) in [5.41, 5.74) is 2.85. The Hall–Kier alpha value is -2.01. The number of fused-ring (bicyclic) bond motifs is 1. The summed E-state index contributed by atoms with van der Waals surface area (Å²) in [6.07, 6.45) is 4.37. The summed E-state index contributed by atoms with van der Waals surface area (Å²) in [6.45, 7) is 0.715. The molecule has 3 nitrogen and oxygen atoms in total. The molecule has 19 heavy (non-hydrogen) atoms. The van der Waals surface area contributed by atoms with Gasteiger partial charge in [-0.15, -0.1) is 0 Å². The van der Waals surface area contributed by atoms with Crippen LogP contribution in [0.3, 0.4) is 0 Å². The first-order chi connectivity index (χ1) is 9.24. The average molecular weight is 273 g/mol. The van der Waals surface area contributed by atoms with Crippen LogP contribution in [0, 0.1) is 10.6 Å². The van der Waals surface area contributed by atoms with Crippen LogP contribution < -0.4 is 0 Å². The fraction of sp³-hybridized carbons (Fsp3) is 0.143. The zero-order valence-corrected chi connectivity index (χ0v) is 11.0. The third kappa shape index (κ3) is 2.42. The molecule has 0 unspecified atom stereocenters. The summed E-state index contributed by atoms with van der Waals surface area (Å²) in [6, 6.07) is 8.59. The highest BCUT2D eigenvalue weighted by atomic mass is 32.1. The van der Waals surface area contributed by atoms with Gasteiger partial charge in [-0.1, -0.05) is 0 Å². The second-order valence-corrected chi connectivity index (χ2v) is 4.74. The van der Waals surface area contributed by atoms with Crippen LogP contribution in [-0.4, -0.2) is 14.5 Å². The summed E-state index contributed by atoms with van der Waals surface area (Å²) >= 11 is 5.28. The van der Waals surface area contributed by atoms with Gasteiger partial charge in [0.15, 0.2) is 4.77 Å². The van der Waals surface area contributed by atoms with E-state index in [0.29, 0.717) is 11.3 Å². The number of imidazole rings is 1. The van der Waals surface area contributed by atoms with E-state index in [1.165, 1.54) is 17.7 Å². The number of halogens is 1. The quantitative estimate of drug-likeness (QED) is 0.741. The van der Waals surface area contributed by atoms with Crippen molar-refractivity contribution in [3.8, 4) is 0 Å². The average Bonchev–Trinajstić information content (AvgIpc) is 2.73. The van der Waals surface area contributed by atoms with Gasteiger partial charge in [0.05, 0.1) is 11.0 Å². The number of nitrogens with zero attached hydrogens (tertiary/aromatic N) is 2. The van der Waals surface area contributed by atoms with Gasteiger partial charge in [0, 0.05) is 18.9 Å². The molecule has 0 saturated carbocycles. The number of rotatable bonds is 3. The van der Waals surface area contributed by atoms with Crippen LogP contribution in [-0.2, 0) is 13.0 Å². The molecule has 0 aliphatic carbocycles. The predicted molar refractivity (Wildman–Crippen MR) is 75.0 cm³/mol. The Labute approximate surface area is 114 Å². The minimum Gasteiger partial charge on any atom is -0.331 e. The molecule has 0 amide bonds. The standard InChI is InChI=1S/C14H12FN3S/c15-11-1-2-12-13(9-11)18(14(19)17-12)8-5-10-3-6-16-7-4-10/h1-4,6-7,9H,5,8H2,(H,17,19). The van der Waals surface area contributed by atoms with Crippen molar-refractivity contribution in [2.75, 3.05) is 0 Å². The molecule has 0 bridgehead atoms. The predicted octanol–water partition coefficient (Wildman–Crippen LogP) is 3.48. The first kappa shape index (κ1) is 12.0. The fourth-order valence-corrected chi connectivity index (χ4v) is 2.44. The number of aromatic amines is 1. The lowest BCUT2D eigenvalue weighted by Gasteiger charge is -2.04. The van der Waals surface area contributed by atoms with E-state index < -0.39 is 0 Å². The van der Waals surface area contributed by atoms with E-state index in [1.54, 1.807) is 18.5 Å². The van der Waals surface area contributed by atoms with Gasteiger partial charge in [-0.3, -0.25) is 4.98 Å².